The molecule has 7 nitrogen and oxygen atoms in total. The van der Waals surface area contributed by atoms with E-state index in [2.05, 4.69) is 56.1 Å². The van der Waals surface area contributed by atoms with Gasteiger partial charge in [-0.3, -0.25) is 4.90 Å². The van der Waals surface area contributed by atoms with Crippen LogP contribution in [-0.2, 0) is 6.61 Å². The molecule has 176 valence electrons. The van der Waals surface area contributed by atoms with E-state index >= 15 is 0 Å². The molecule has 4 aliphatic rings. The van der Waals surface area contributed by atoms with Gasteiger partial charge in [-0.1, -0.05) is 6.07 Å². The lowest BCUT2D eigenvalue weighted by Crippen LogP contribution is -2.59. The zero-order valence-electron chi connectivity index (χ0n) is 19.7. The predicted octanol–water partition coefficient (Wildman–Crippen LogP) is 3.47. The molecule has 0 atom stereocenters. The molecule has 8 heteroatoms. The number of rotatable bonds is 3. The van der Waals surface area contributed by atoms with Crippen molar-refractivity contribution in [3.05, 3.63) is 35.2 Å². The first-order chi connectivity index (χ1) is 16.2. The molecular formula is C25H34N6OS. The molecule has 1 aromatic heterocycles. The van der Waals surface area contributed by atoms with E-state index in [9.17, 15) is 0 Å². The molecule has 0 aliphatic carbocycles. The van der Waals surface area contributed by atoms with E-state index in [4.69, 9.17) is 4.74 Å². The molecule has 0 saturated carbocycles. The number of anilines is 3. The van der Waals surface area contributed by atoms with E-state index in [0.29, 0.717) is 12.5 Å². The van der Waals surface area contributed by atoms with Gasteiger partial charge in [0.15, 0.2) is 0 Å². The summed E-state index contributed by atoms with van der Waals surface area (Å²) < 4.78 is 6.37. The minimum absolute atomic E-state index is 0.504. The van der Waals surface area contributed by atoms with Gasteiger partial charge in [-0.25, -0.2) is 9.97 Å². The normalized spacial score (nSPS) is 22.5. The summed E-state index contributed by atoms with van der Waals surface area (Å²) in [4.78, 5) is 16.7. The minimum atomic E-state index is 0.504. The van der Waals surface area contributed by atoms with Crippen LogP contribution in [0.4, 0.5) is 17.3 Å². The van der Waals surface area contributed by atoms with E-state index in [-0.39, 0.29) is 0 Å². The molecule has 5 heterocycles. The third kappa shape index (κ3) is 4.17. The lowest BCUT2D eigenvalue weighted by molar-refractivity contribution is 0.0363. The van der Waals surface area contributed by atoms with Crippen LogP contribution in [-0.4, -0.2) is 83.6 Å². The maximum absolute atomic E-state index is 6.37. The largest absolute Gasteiger partial charge is 0.486 e. The van der Waals surface area contributed by atoms with Crippen LogP contribution in [0.15, 0.2) is 18.5 Å². The van der Waals surface area contributed by atoms with Crippen LogP contribution in [0.2, 0.25) is 0 Å². The number of aryl methyl sites for hydroxylation is 1. The van der Waals surface area contributed by atoms with Crippen molar-refractivity contribution in [2.75, 3.05) is 68.0 Å². The number of hydrogen-bond acceptors (Lipinski definition) is 8. The smallest absolute Gasteiger partial charge is 0.146 e. The average molecular weight is 467 g/mol. The van der Waals surface area contributed by atoms with Crippen molar-refractivity contribution in [2.45, 2.75) is 38.3 Å². The fourth-order valence-electron chi connectivity index (χ4n) is 5.78. The van der Waals surface area contributed by atoms with Gasteiger partial charge >= 0.3 is 0 Å². The van der Waals surface area contributed by atoms with Gasteiger partial charge in [0, 0.05) is 43.7 Å². The Labute approximate surface area is 200 Å². The number of piperidine rings is 1. The second-order valence-electron chi connectivity index (χ2n) is 9.94. The molecule has 3 fully saturated rings. The molecule has 0 radical (unpaired) electrons. The standard InChI is InChI=1S/C25H34N6OS/c1-17-11-19(18-3-5-30(6-4-18)20-13-29(2)14-20)12-22-23(17)32-15-21-24(28-22)26-16-27-25(21)31-7-9-33-10-8-31/h11-12,16,18,20H,3-10,13-15H2,1-2H3,(H,26,27,28). The van der Waals surface area contributed by atoms with Gasteiger partial charge in [0.05, 0.1) is 11.3 Å². The van der Waals surface area contributed by atoms with Crippen LogP contribution in [0, 0.1) is 6.92 Å². The predicted molar refractivity (Wildman–Crippen MR) is 135 cm³/mol. The van der Waals surface area contributed by atoms with Crippen LogP contribution < -0.4 is 15.0 Å². The fourth-order valence-corrected chi connectivity index (χ4v) is 6.68. The van der Waals surface area contributed by atoms with Gasteiger partial charge in [-0.2, -0.15) is 11.8 Å². The monoisotopic (exact) mass is 466 g/mol. The van der Waals surface area contributed by atoms with Gasteiger partial charge in [-0.15, -0.1) is 0 Å². The van der Waals surface area contributed by atoms with Gasteiger partial charge in [-0.05, 0) is 63.0 Å². The van der Waals surface area contributed by atoms with E-state index < -0.39 is 0 Å². The van der Waals surface area contributed by atoms with Crippen LogP contribution in [0.3, 0.4) is 0 Å². The second kappa shape index (κ2) is 8.96. The van der Waals surface area contributed by atoms with E-state index in [1.165, 1.54) is 50.1 Å². The summed E-state index contributed by atoms with van der Waals surface area (Å²) in [6.07, 6.45) is 4.16. The van der Waals surface area contributed by atoms with Gasteiger partial charge < -0.3 is 19.9 Å². The van der Waals surface area contributed by atoms with Crippen molar-refractivity contribution in [1.82, 2.24) is 19.8 Å². The molecule has 0 spiro atoms. The van der Waals surface area contributed by atoms with Gasteiger partial charge in [0.25, 0.3) is 0 Å². The molecule has 0 unspecified atom stereocenters. The van der Waals surface area contributed by atoms with Gasteiger partial charge in [0.2, 0.25) is 0 Å². The molecule has 4 aliphatic heterocycles. The molecule has 33 heavy (non-hydrogen) atoms. The summed E-state index contributed by atoms with van der Waals surface area (Å²) in [5.74, 6) is 5.76. The van der Waals surface area contributed by atoms with Crippen molar-refractivity contribution in [2.24, 2.45) is 0 Å². The molecule has 0 amide bonds. The van der Waals surface area contributed by atoms with Crippen molar-refractivity contribution in [1.29, 1.82) is 0 Å². The first-order valence-electron chi connectivity index (χ1n) is 12.3. The number of benzene rings is 1. The zero-order valence-corrected chi connectivity index (χ0v) is 20.5. The summed E-state index contributed by atoms with van der Waals surface area (Å²) >= 11 is 2.01. The fraction of sp³-hybridized carbons (Fsp3) is 0.600. The summed E-state index contributed by atoms with van der Waals surface area (Å²) in [6, 6.07) is 5.43. The Morgan fingerprint density at radius 2 is 1.85 bits per heavy atom. The van der Waals surface area contributed by atoms with Crippen molar-refractivity contribution in [3.8, 4) is 5.75 Å². The summed E-state index contributed by atoms with van der Waals surface area (Å²) in [7, 11) is 2.22. The number of likely N-dealkylation sites (N-methyl/N-ethyl adjacent to an activating group) is 1. The lowest BCUT2D eigenvalue weighted by atomic mass is 9.87. The highest BCUT2D eigenvalue weighted by Gasteiger charge is 2.33. The Morgan fingerprint density at radius 3 is 2.61 bits per heavy atom. The maximum Gasteiger partial charge on any atom is 0.146 e. The van der Waals surface area contributed by atoms with Crippen LogP contribution in [0.25, 0.3) is 0 Å². The van der Waals surface area contributed by atoms with E-state index in [1.54, 1.807) is 6.33 Å². The summed E-state index contributed by atoms with van der Waals surface area (Å²) in [5.41, 5.74) is 4.75. The average Bonchev–Trinajstić information content (AvgIpc) is 3.02. The number of ether oxygens (including phenoxy) is 1. The second-order valence-corrected chi connectivity index (χ2v) is 11.2. The highest BCUT2D eigenvalue weighted by atomic mass is 32.2. The Hall–Kier alpha value is -2.03. The SMILES string of the molecule is Cc1cc(C2CCN(C3CN(C)C3)CC2)cc2c1OCc1c(ncnc1N1CCSCC1)N2. The Kier molecular flexibility index (Phi) is 5.84. The Bertz CT molecular complexity index is 1010. The number of hydrogen-bond donors (Lipinski definition) is 1. The highest BCUT2D eigenvalue weighted by molar-refractivity contribution is 7.99. The van der Waals surface area contributed by atoms with Crippen molar-refractivity contribution >= 4 is 29.1 Å². The van der Waals surface area contributed by atoms with Crippen LogP contribution >= 0.6 is 11.8 Å². The van der Waals surface area contributed by atoms with Crippen LogP contribution in [0.1, 0.15) is 35.4 Å². The molecule has 6 rings (SSSR count). The minimum Gasteiger partial charge on any atom is -0.486 e. The third-order valence-electron chi connectivity index (χ3n) is 7.71. The molecule has 2 aromatic rings. The van der Waals surface area contributed by atoms with Gasteiger partial charge in [0.1, 0.15) is 30.3 Å². The summed E-state index contributed by atoms with van der Waals surface area (Å²) in [6.45, 7) is 9.60. The molecule has 0 bridgehead atoms. The lowest BCUT2D eigenvalue weighted by Gasteiger charge is -2.46. The number of nitrogens with one attached hydrogen (secondary N) is 1. The van der Waals surface area contributed by atoms with E-state index in [1.807, 2.05) is 11.8 Å². The number of likely N-dealkylation sites (tertiary alicyclic amines) is 2. The van der Waals surface area contributed by atoms with Crippen molar-refractivity contribution < 1.29 is 4.74 Å². The number of aromatic nitrogens is 2. The molecule has 1 N–H and O–H groups in total. The number of fused-ring (bicyclic) bond motifs is 2. The number of nitrogens with zero attached hydrogens (tertiary/aromatic N) is 5. The first kappa shape index (κ1) is 21.5. The molecular weight excluding hydrogens is 432 g/mol. The topological polar surface area (TPSA) is 56.8 Å². The summed E-state index contributed by atoms with van der Waals surface area (Å²) in [5, 5.41) is 3.63. The van der Waals surface area contributed by atoms with Crippen LogP contribution in [0.5, 0.6) is 5.75 Å². The van der Waals surface area contributed by atoms with Crippen molar-refractivity contribution in [3.63, 3.8) is 0 Å². The quantitative estimate of drug-likeness (QED) is 0.738. The van der Waals surface area contributed by atoms with E-state index in [0.717, 1.165) is 59.3 Å². The molecule has 3 saturated heterocycles. The number of thioether (sulfide) groups is 1. The zero-order chi connectivity index (χ0) is 22.4. The third-order valence-corrected chi connectivity index (χ3v) is 8.65. The first-order valence-corrected chi connectivity index (χ1v) is 13.4. The maximum atomic E-state index is 6.37. The Morgan fingerprint density at radius 1 is 1.06 bits per heavy atom. The Balaban J connectivity index is 1.22. The highest BCUT2D eigenvalue weighted by Crippen LogP contribution is 2.41. The molecule has 1 aromatic carbocycles.